The van der Waals surface area contributed by atoms with Crippen LogP contribution in [-0.4, -0.2) is 16.5 Å². The van der Waals surface area contributed by atoms with Gasteiger partial charge in [-0.25, -0.2) is 9.97 Å². The summed E-state index contributed by atoms with van der Waals surface area (Å²) in [6.07, 6.45) is 12.3. The van der Waals surface area contributed by atoms with E-state index in [0.29, 0.717) is 0 Å². The highest BCUT2D eigenvalue weighted by Crippen LogP contribution is 2.27. The predicted molar refractivity (Wildman–Crippen MR) is 69.6 cm³/mol. The molecule has 92 valence electrons. The molecular weight excluding hydrogens is 210 g/mol. The molecule has 1 aromatic heterocycles. The molecule has 0 aliphatic heterocycles. The summed E-state index contributed by atoms with van der Waals surface area (Å²) in [7, 11) is 0. The van der Waals surface area contributed by atoms with Gasteiger partial charge in [-0.2, -0.15) is 0 Å². The van der Waals surface area contributed by atoms with Gasteiger partial charge < -0.3 is 5.32 Å². The first-order valence-corrected chi connectivity index (χ1v) is 6.60. The molecule has 1 aromatic rings. The van der Waals surface area contributed by atoms with E-state index in [0.717, 1.165) is 12.2 Å². The number of aromatic nitrogens is 2. The van der Waals surface area contributed by atoms with Crippen LogP contribution in [0.25, 0.3) is 0 Å². The molecule has 1 aliphatic rings. The quantitative estimate of drug-likeness (QED) is 0.809. The van der Waals surface area contributed by atoms with Crippen molar-refractivity contribution in [2.24, 2.45) is 0 Å². The minimum Gasteiger partial charge on any atom is -0.306 e. The van der Waals surface area contributed by atoms with Crippen molar-refractivity contribution in [1.29, 1.82) is 0 Å². The van der Waals surface area contributed by atoms with Crippen molar-refractivity contribution < 1.29 is 0 Å². The molecular formula is C14H21N3. The van der Waals surface area contributed by atoms with Crippen molar-refractivity contribution in [1.82, 2.24) is 15.3 Å². The SMILES string of the molecule is CCNC(C1=CCCCCC1)c1ccncn1. The highest BCUT2D eigenvalue weighted by molar-refractivity contribution is 5.22. The standard InChI is InChI=1S/C14H21N3/c1-2-16-14(13-9-10-15-11-17-13)12-7-5-3-4-6-8-12/h7,9-11,14,16H,2-6,8H2,1H3. The molecule has 0 saturated heterocycles. The fourth-order valence-electron chi connectivity index (χ4n) is 2.40. The first-order chi connectivity index (χ1) is 8.42. The van der Waals surface area contributed by atoms with Gasteiger partial charge in [-0.1, -0.05) is 25.0 Å². The molecule has 0 aromatic carbocycles. The molecule has 0 bridgehead atoms. The second-order valence-corrected chi connectivity index (χ2v) is 4.50. The van der Waals surface area contributed by atoms with Crippen LogP contribution in [0, 0.1) is 0 Å². The van der Waals surface area contributed by atoms with Gasteiger partial charge in [0, 0.05) is 6.20 Å². The maximum Gasteiger partial charge on any atom is 0.115 e. The van der Waals surface area contributed by atoms with Gasteiger partial charge in [0.2, 0.25) is 0 Å². The minimum absolute atomic E-state index is 0.279. The Hall–Kier alpha value is -1.22. The molecule has 0 fully saturated rings. The normalized spacial score (nSPS) is 18.3. The summed E-state index contributed by atoms with van der Waals surface area (Å²) in [4.78, 5) is 8.38. The molecule has 1 unspecified atom stereocenters. The Labute approximate surface area is 103 Å². The second-order valence-electron chi connectivity index (χ2n) is 4.50. The van der Waals surface area contributed by atoms with Crippen LogP contribution in [0.4, 0.5) is 0 Å². The van der Waals surface area contributed by atoms with Crippen molar-refractivity contribution in [3.63, 3.8) is 0 Å². The number of rotatable bonds is 4. The number of hydrogen-bond donors (Lipinski definition) is 1. The van der Waals surface area contributed by atoms with Crippen molar-refractivity contribution in [3.05, 3.63) is 35.9 Å². The molecule has 0 radical (unpaired) electrons. The first kappa shape index (κ1) is 12.2. The van der Waals surface area contributed by atoms with Gasteiger partial charge in [0.25, 0.3) is 0 Å². The summed E-state index contributed by atoms with van der Waals surface area (Å²) in [6.45, 7) is 3.11. The largest absolute Gasteiger partial charge is 0.306 e. The van der Waals surface area contributed by atoms with Crippen LogP contribution in [0.3, 0.4) is 0 Å². The van der Waals surface area contributed by atoms with Gasteiger partial charge >= 0.3 is 0 Å². The Balaban J connectivity index is 2.19. The summed E-state index contributed by atoms with van der Waals surface area (Å²) >= 11 is 0. The van der Waals surface area contributed by atoms with Crippen LogP contribution in [0.15, 0.2) is 30.2 Å². The van der Waals surface area contributed by atoms with Crippen LogP contribution < -0.4 is 5.32 Å². The second kappa shape index (κ2) is 6.50. The Morgan fingerprint density at radius 2 is 2.29 bits per heavy atom. The maximum absolute atomic E-state index is 4.39. The minimum atomic E-state index is 0.279. The topological polar surface area (TPSA) is 37.8 Å². The third-order valence-electron chi connectivity index (χ3n) is 3.26. The summed E-state index contributed by atoms with van der Waals surface area (Å²) in [5, 5.41) is 3.54. The molecule has 2 rings (SSSR count). The van der Waals surface area contributed by atoms with Crippen LogP contribution in [0.2, 0.25) is 0 Å². The lowest BCUT2D eigenvalue weighted by atomic mass is 9.99. The van der Waals surface area contributed by atoms with Gasteiger partial charge in [-0.3, -0.25) is 0 Å². The Morgan fingerprint density at radius 1 is 1.35 bits per heavy atom. The summed E-state index contributed by atoms with van der Waals surface area (Å²) in [5.74, 6) is 0. The molecule has 0 amide bonds. The lowest BCUT2D eigenvalue weighted by molar-refractivity contribution is 0.576. The van der Waals surface area contributed by atoms with E-state index < -0.39 is 0 Å². The molecule has 1 N–H and O–H groups in total. The monoisotopic (exact) mass is 231 g/mol. The molecule has 1 heterocycles. The zero-order valence-electron chi connectivity index (χ0n) is 10.5. The zero-order valence-corrected chi connectivity index (χ0v) is 10.5. The third-order valence-corrected chi connectivity index (χ3v) is 3.26. The van der Waals surface area contributed by atoms with Crippen molar-refractivity contribution >= 4 is 0 Å². The number of nitrogens with one attached hydrogen (secondary N) is 1. The molecule has 1 atom stereocenters. The zero-order chi connectivity index (χ0) is 11.9. The van der Waals surface area contributed by atoms with E-state index in [9.17, 15) is 0 Å². The Kier molecular flexibility index (Phi) is 4.68. The van der Waals surface area contributed by atoms with Crippen molar-refractivity contribution in [3.8, 4) is 0 Å². The predicted octanol–water partition coefficient (Wildman–Crippen LogP) is 3.02. The third kappa shape index (κ3) is 3.37. The fraction of sp³-hybridized carbons (Fsp3) is 0.571. The average Bonchev–Trinajstić information content (AvgIpc) is 2.66. The Bertz CT molecular complexity index is 359. The first-order valence-electron chi connectivity index (χ1n) is 6.60. The maximum atomic E-state index is 4.39. The van der Waals surface area contributed by atoms with Crippen molar-refractivity contribution in [2.75, 3.05) is 6.54 Å². The van der Waals surface area contributed by atoms with Gasteiger partial charge in [-0.15, -0.1) is 0 Å². The number of allylic oxidation sites excluding steroid dienone is 1. The lowest BCUT2D eigenvalue weighted by Gasteiger charge is -2.20. The van der Waals surface area contributed by atoms with E-state index in [-0.39, 0.29) is 6.04 Å². The molecule has 0 spiro atoms. The number of likely N-dealkylation sites (N-methyl/N-ethyl adjacent to an activating group) is 1. The summed E-state index contributed by atoms with van der Waals surface area (Å²) < 4.78 is 0. The van der Waals surface area contributed by atoms with E-state index in [1.165, 1.54) is 37.7 Å². The van der Waals surface area contributed by atoms with Crippen LogP contribution in [-0.2, 0) is 0 Å². The molecule has 3 nitrogen and oxygen atoms in total. The van der Waals surface area contributed by atoms with E-state index >= 15 is 0 Å². The van der Waals surface area contributed by atoms with Gasteiger partial charge in [0.15, 0.2) is 0 Å². The summed E-state index contributed by atoms with van der Waals surface area (Å²) in [6, 6.07) is 2.29. The highest BCUT2D eigenvalue weighted by atomic mass is 14.9. The number of hydrogen-bond acceptors (Lipinski definition) is 3. The van der Waals surface area contributed by atoms with E-state index in [1.807, 2.05) is 12.3 Å². The van der Waals surface area contributed by atoms with E-state index in [1.54, 1.807) is 6.33 Å². The van der Waals surface area contributed by atoms with Crippen LogP contribution >= 0.6 is 0 Å². The van der Waals surface area contributed by atoms with Crippen LogP contribution in [0.1, 0.15) is 50.8 Å². The molecule has 1 aliphatic carbocycles. The average molecular weight is 231 g/mol. The highest BCUT2D eigenvalue weighted by Gasteiger charge is 2.17. The Morgan fingerprint density at radius 3 is 3.06 bits per heavy atom. The van der Waals surface area contributed by atoms with Gasteiger partial charge in [0.05, 0.1) is 11.7 Å². The van der Waals surface area contributed by atoms with Gasteiger partial charge in [0.1, 0.15) is 6.33 Å². The molecule has 3 heteroatoms. The van der Waals surface area contributed by atoms with E-state index in [4.69, 9.17) is 0 Å². The molecule has 17 heavy (non-hydrogen) atoms. The molecule has 0 saturated carbocycles. The van der Waals surface area contributed by atoms with Crippen molar-refractivity contribution in [2.45, 2.75) is 45.1 Å². The van der Waals surface area contributed by atoms with Crippen LogP contribution in [0.5, 0.6) is 0 Å². The summed E-state index contributed by atoms with van der Waals surface area (Å²) in [5.41, 5.74) is 2.60. The lowest BCUT2D eigenvalue weighted by Crippen LogP contribution is -2.23. The number of nitrogens with zero attached hydrogens (tertiary/aromatic N) is 2. The van der Waals surface area contributed by atoms with E-state index in [2.05, 4.69) is 28.3 Å². The fourth-order valence-corrected chi connectivity index (χ4v) is 2.40. The van der Waals surface area contributed by atoms with Gasteiger partial charge in [-0.05, 0) is 38.3 Å². The smallest absolute Gasteiger partial charge is 0.115 e.